The van der Waals surface area contributed by atoms with Crippen molar-refractivity contribution in [1.82, 2.24) is 4.98 Å². The fourth-order valence-corrected chi connectivity index (χ4v) is 4.17. The molecule has 2 heterocycles. The summed E-state index contributed by atoms with van der Waals surface area (Å²) in [6, 6.07) is 14.7. The van der Waals surface area contributed by atoms with E-state index in [-0.39, 0.29) is 21.9 Å². The smallest absolute Gasteiger partial charge is 0.300 e. The number of hydrogen-bond donors (Lipinski definition) is 1. The highest BCUT2D eigenvalue weighted by Gasteiger charge is 2.47. The maximum atomic E-state index is 13.2. The lowest BCUT2D eigenvalue weighted by atomic mass is 9.97. The Bertz CT molecular complexity index is 1230. The summed E-state index contributed by atoms with van der Waals surface area (Å²) in [7, 11) is 1.49. The molecule has 3 aromatic rings. The Labute approximate surface area is 190 Å². The van der Waals surface area contributed by atoms with Gasteiger partial charge in [-0.3, -0.25) is 19.5 Å². The second-order valence-electron chi connectivity index (χ2n) is 7.62. The van der Waals surface area contributed by atoms with Crippen molar-refractivity contribution in [2.45, 2.75) is 19.9 Å². The molecule has 32 heavy (non-hydrogen) atoms. The van der Waals surface area contributed by atoms with Gasteiger partial charge in [-0.05, 0) is 67.4 Å². The number of aliphatic hydroxyl groups excluding tert-OH is 1. The van der Waals surface area contributed by atoms with Gasteiger partial charge in [0.2, 0.25) is 0 Å². The zero-order valence-electron chi connectivity index (χ0n) is 17.8. The summed E-state index contributed by atoms with van der Waals surface area (Å²) in [6.45, 7) is 3.83. The number of Topliss-reactive ketones (excluding diaryl/α,β-unsaturated/α-hetero) is 1. The first-order valence-corrected chi connectivity index (χ1v) is 10.3. The van der Waals surface area contributed by atoms with Gasteiger partial charge in [0.25, 0.3) is 11.7 Å². The molecule has 162 valence electrons. The van der Waals surface area contributed by atoms with Crippen LogP contribution in [0.25, 0.3) is 5.76 Å². The van der Waals surface area contributed by atoms with E-state index in [4.69, 9.17) is 16.3 Å². The van der Waals surface area contributed by atoms with Crippen molar-refractivity contribution in [3.05, 3.63) is 93.8 Å². The van der Waals surface area contributed by atoms with Gasteiger partial charge in [0.15, 0.2) is 0 Å². The third-order valence-electron chi connectivity index (χ3n) is 5.33. The first-order chi connectivity index (χ1) is 15.3. The number of ether oxygens (including phenoxy) is 1. The van der Waals surface area contributed by atoms with Crippen LogP contribution in [-0.4, -0.2) is 28.9 Å². The lowest BCUT2D eigenvalue weighted by Gasteiger charge is -2.25. The SMILES string of the molecule is COc1ccc(Cl)c(/C(O)=C2\C(=O)C(=O)N(c3cc(C)cc(C)c3)C2c2ccccn2)c1. The summed E-state index contributed by atoms with van der Waals surface area (Å²) in [6.07, 6.45) is 1.58. The van der Waals surface area contributed by atoms with Crippen LogP contribution in [0.5, 0.6) is 5.75 Å². The molecule has 7 heteroatoms. The van der Waals surface area contributed by atoms with E-state index in [0.717, 1.165) is 11.1 Å². The number of rotatable bonds is 4. The molecule has 1 saturated heterocycles. The highest BCUT2D eigenvalue weighted by molar-refractivity contribution is 6.52. The van der Waals surface area contributed by atoms with Crippen LogP contribution in [-0.2, 0) is 9.59 Å². The molecule has 4 rings (SSSR count). The van der Waals surface area contributed by atoms with Gasteiger partial charge in [0.1, 0.15) is 17.6 Å². The molecule has 6 nitrogen and oxygen atoms in total. The summed E-state index contributed by atoms with van der Waals surface area (Å²) in [4.78, 5) is 32.2. The minimum Gasteiger partial charge on any atom is -0.507 e. The second kappa shape index (κ2) is 8.48. The Morgan fingerprint density at radius 3 is 2.41 bits per heavy atom. The fraction of sp³-hybridized carbons (Fsp3) is 0.160. The summed E-state index contributed by atoms with van der Waals surface area (Å²) in [5, 5.41) is 11.4. The molecule has 0 bridgehead atoms. The highest BCUT2D eigenvalue weighted by atomic mass is 35.5. The van der Waals surface area contributed by atoms with Gasteiger partial charge < -0.3 is 9.84 Å². The predicted octanol–water partition coefficient (Wildman–Crippen LogP) is 4.99. The standard InChI is InChI=1S/C25H21ClN2O4/c1-14-10-15(2)12-16(11-14)28-22(20-6-4-5-9-27-20)21(24(30)25(28)31)23(29)18-13-17(32-3)7-8-19(18)26/h4-13,22,29H,1-3H3/b23-21+. The van der Waals surface area contributed by atoms with Gasteiger partial charge in [-0.1, -0.05) is 23.7 Å². The molecule has 1 aromatic heterocycles. The van der Waals surface area contributed by atoms with E-state index >= 15 is 0 Å². The molecule has 1 N–H and O–H groups in total. The van der Waals surface area contributed by atoms with Crippen LogP contribution >= 0.6 is 11.6 Å². The summed E-state index contributed by atoms with van der Waals surface area (Å²) in [5.41, 5.74) is 3.01. The molecule has 1 amide bonds. The van der Waals surface area contributed by atoms with Gasteiger partial charge >= 0.3 is 0 Å². The van der Waals surface area contributed by atoms with E-state index < -0.39 is 17.7 Å². The Morgan fingerprint density at radius 1 is 1.06 bits per heavy atom. The topological polar surface area (TPSA) is 79.7 Å². The lowest BCUT2D eigenvalue weighted by Crippen LogP contribution is -2.30. The molecule has 1 fully saturated rings. The van der Waals surface area contributed by atoms with E-state index in [1.165, 1.54) is 18.1 Å². The van der Waals surface area contributed by atoms with Crippen molar-refractivity contribution < 1.29 is 19.4 Å². The third kappa shape index (κ3) is 3.74. The maximum absolute atomic E-state index is 13.2. The minimum atomic E-state index is -0.917. The number of aliphatic hydroxyl groups is 1. The molecule has 0 aliphatic carbocycles. The second-order valence-corrected chi connectivity index (χ2v) is 8.02. The summed E-state index contributed by atoms with van der Waals surface area (Å²) < 4.78 is 5.23. The van der Waals surface area contributed by atoms with Crippen LogP contribution in [0.1, 0.15) is 28.4 Å². The molecule has 2 aromatic carbocycles. The maximum Gasteiger partial charge on any atom is 0.300 e. The zero-order chi connectivity index (χ0) is 23.0. The van der Waals surface area contributed by atoms with Gasteiger partial charge in [-0.2, -0.15) is 0 Å². The number of pyridine rings is 1. The normalized spacial score (nSPS) is 17.6. The van der Waals surface area contributed by atoms with Gasteiger partial charge in [0, 0.05) is 17.4 Å². The third-order valence-corrected chi connectivity index (χ3v) is 5.66. The van der Waals surface area contributed by atoms with Gasteiger partial charge in [-0.15, -0.1) is 0 Å². The molecular weight excluding hydrogens is 428 g/mol. The Kier molecular flexibility index (Phi) is 5.72. The Hall–Kier alpha value is -3.64. The van der Waals surface area contributed by atoms with Crippen LogP contribution in [0, 0.1) is 13.8 Å². The largest absolute Gasteiger partial charge is 0.507 e. The van der Waals surface area contributed by atoms with E-state index in [0.29, 0.717) is 17.1 Å². The minimum absolute atomic E-state index is 0.0805. The monoisotopic (exact) mass is 448 g/mol. The van der Waals surface area contributed by atoms with Crippen LogP contribution in [0.3, 0.4) is 0 Å². The number of benzene rings is 2. The molecule has 1 atom stereocenters. The number of anilines is 1. The van der Waals surface area contributed by atoms with E-state index in [1.54, 1.807) is 36.5 Å². The van der Waals surface area contributed by atoms with E-state index in [1.807, 2.05) is 32.0 Å². The fourth-order valence-electron chi connectivity index (χ4n) is 3.96. The van der Waals surface area contributed by atoms with Crippen molar-refractivity contribution in [3.8, 4) is 5.75 Å². The number of ketones is 1. The highest BCUT2D eigenvalue weighted by Crippen LogP contribution is 2.43. The Balaban J connectivity index is 1.99. The number of halogens is 1. The number of hydrogen-bond acceptors (Lipinski definition) is 5. The number of aromatic nitrogens is 1. The van der Waals surface area contributed by atoms with Gasteiger partial charge in [-0.25, -0.2) is 0 Å². The van der Waals surface area contributed by atoms with Crippen LogP contribution in [0.2, 0.25) is 5.02 Å². The van der Waals surface area contributed by atoms with Crippen LogP contribution in [0.4, 0.5) is 5.69 Å². The van der Waals surface area contributed by atoms with Crippen LogP contribution in [0.15, 0.2) is 66.4 Å². The summed E-state index contributed by atoms with van der Waals surface area (Å²) in [5.74, 6) is -1.48. The molecular formula is C25H21ClN2O4. The van der Waals surface area contributed by atoms with Crippen molar-refractivity contribution in [2.75, 3.05) is 12.0 Å². The first kappa shape index (κ1) is 21.6. The number of aryl methyl sites for hydroxylation is 2. The molecule has 0 radical (unpaired) electrons. The average molecular weight is 449 g/mol. The average Bonchev–Trinajstić information content (AvgIpc) is 3.04. The van der Waals surface area contributed by atoms with Crippen LogP contribution < -0.4 is 9.64 Å². The van der Waals surface area contributed by atoms with Gasteiger partial charge in [0.05, 0.1) is 23.4 Å². The number of nitrogens with zero attached hydrogens (tertiary/aromatic N) is 2. The lowest BCUT2D eigenvalue weighted by molar-refractivity contribution is -0.132. The van der Waals surface area contributed by atoms with Crippen molar-refractivity contribution in [2.24, 2.45) is 0 Å². The number of methoxy groups -OCH3 is 1. The summed E-state index contributed by atoms with van der Waals surface area (Å²) >= 11 is 6.32. The number of carbonyl (C=O) groups is 2. The molecule has 0 saturated carbocycles. The van der Waals surface area contributed by atoms with Crippen molar-refractivity contribution >= 4 is 34.7 Å². The predicted molar refractivity (Wildman–Crippen MR) is 123 cm³/mol. The van der Waals surface area contributed by atoms with E-state index in [2.05, 4.69) is 4.98 Å². The van der Waals surface area contributed by atoms with Crippen molar-refractivity contribution in [3.63, 3.8) is 0 Å². The molecule has 1 aliphatic heterocycles. The molecule has 0 spiro atoms. The zero-order valence-corrected chi connectivity index (χ0v) is 18.6. The quantitative estimate of drug-likeness (QED) is 0.345. The van der Waals surface area contributed by atoms with Crippen molar-refractivity contribution in [1.29, 1.82) is 0 Å². The first-order valence-electron chi connectivity index (χ1n) is 9.96. The molecule has 1 unspecified atom stereocenters. The molecule has 1 aliphatic rings. The Morgan fingerprint density at radius 2 is 1.78 bits per heavy atom. The number of carbonyl (C=O) groups excluding carboxylic acids is 2. The number of amides is 1. The van der Waals surface area contributed by atoms with E-state index in [9.17, 15) is 14.7 Å².